The van der Waals surface area contributed by atoms with Crippen LogP contribution in [0.15, 0.2) is 24.3 Å². The molecule has 0 saturated carbocycles. The second-order valence-electron chi connectivity index (χ2n) is 5.26. The van der Waals surface area contributed by atoms with Crippen LogP contribution in [-0.4, -0.2) is 31.8 Å². The number of anilines is 1. The fraction of sp³-hybridized carbons (Fsp3) is 0.562. The zero-order chi connectivity index (χ0) is 14.9. The molecule has 1 unspecified atom stereocenters. The molecule has 2 rings (SSSR count). The molecule has 0 bridgehead atoms. The molecule has 0 spiro atoms. The smallest absolute Gasteiger partial charge is 0.220 e. The van der Waals surface area contributed by atoms with Crippen molar-refractivity contribution in [2.24, 2.45) is 0 Å². The molecule has 1 fully saturated rings. The van der Waals surface area contributed by atoms with E-state index >= 15 is 0 Å². The Morgan fingerprint density at radius 3 is 3.00 bits per heavy atom. The first-order valence-corrected chi connectivity index (χ1v) is 7.61. The summed E-state index contributed by atoms with van der Waals surface area (Å²) in [5.41, 5.74) is 6.38. The summed E-state index contributed by atoms with van der Waals surface area (Å²) in [6.45, 7) is 1.73. The van der Waals surface area contributed by atoms with E-state index in [1.807, 2.05) is 18.2 Å². The van der Waals surface area contributed by atoms with E-state index < -0.39 is 0 Å². The Hall–Kier alpha value is -1.75. The van der Waals surface area contributed by atoms with E-state index in [1.165, 1.54) is 6.42 Å². The van der Waals surface area contributed by atoms with Crippen molar-refractivity contribution in [2.75, 3.05) is 25.5 Å². The minimum atomic E-state index is 0.0498. The molecular weight excluding hydrogens is 268 g/mol. The lowest BCUT2D eigenvalue weighted by Crippen LogP contribution is -2.29. The summed E-state index contributed by atoms with van der Waals surface area (Å²) in [5, 5.41) is 2.85. The predicted octanol–water partition coefficient (Wildman–Crippen LogP) is 2.11. The molecule has 21 heavy (non-hydrogen) atoms. The first-order valence-electron chi connectivity index (χ1n) is 7.61. The minimum Gasteiger partial charge on any atom is -0.490 e. The fourth-order valence-corrected chi connectivity index (χ4v) is 2.38. The standard InChI is InChI=1S/C16H24N2O3/c17-14-6-1-2-7-15(14)21-12-10-18-16(19)9-8-13-5-3-4-11-20-13/h1-2,6-7,13H,3-5,8-12,17H2,(H,18,19). The van der Waals surface area contributed by atoms with Crippen LogP contribution in [0.3, 0.4) is 0 Å². The Morgan fingerprint density at radius 2 is 2.24 bits per heavy atom. The van der Waals surface area contributed by atoms with Gasteiger partial charge in [0, 0.05) is 13.0 Å². The number of nitrogen functional groups attached to an aromatic ring is 1. The molecule has 0 aliphatic carbocycles. The van der Waals surface area contributed by atoms with Crippen LogP contribution in [0.25, 0.3) is 0 Å². The first-order chi connectivity index (χ1) is 10.3. The van der Waals surface area contributed by atoms with Gasteiger partial charge in [-0.3, -0.25) is 4.79 Å². The van der Waals surface area contributed by atoms with Crippen molar-refractivity contribution in [3.63, 3.8) is 0 Å². The molecule has 1 heterocycles. The highest BCUT2D eigenvalue weighted by Gasteiger charge is 2.14. The van der Waals surface area contributed by atoms with Gasteiger partial charge in [0.25, 0.3) is 0 Å². The van der Waals surface area contributed by atoms with Crippen LogP contribution in [0.4, 0.5) is 5.69 Å². The van der Waals surface area contributed by atoms with Gasteiger partial charge in [-0.25, -0.2) is 0 Å². The number of hydrogen-bond donors (Lipinski definition) is 2. The van der Waals surface area contributed by atoms with E-state index in [0.29, 0.717) is 31.0 Å². The molecule has 5 heteroatoms. The summed E-state index contributed by atoms with van der Waals surface area (Å²) in [5.74, 6) is 0.705. The van der Waals surface area contributed by atoms with Gasteiger partial charge >= 0.3 is 0 Å². The quantitative estimate of drug-likeness (QED) is 0.596. The Bertz CT molecular complexity index is 445. The molecule has 1 amide bonds. The summed E-state index contributed by atoms with van der Waals surface area (Å²) in [4.78, 5) is 11.7. The van der Waals surface area contributed by atoms with Gasteiger partial charge in [-0.05, 0) is 37.8 Å². The number of amides is 1. The molecule has 1 aromatic carbocycles. The number of carbonyl (C=O) groups excluding carboxylic acids is 1. The van der Waals surface area contributed by atoms with Gasteiger partial charge in [-0.2, -0.15) is 0 Å². The average molecular weight is 292 g/mol. The van der Waals surface area contributed by atoms with Crippen molar-refractivity contribution in [2.45, 2.75) is 38.2 Å². The number of benzene rings is 1. The van der Waals surface area contributed by atoms with Crippen LogP contribution in [0.5, 0.6) is 5.75 Å². The summed E-state index contributed by atoms with van der Waals surface area (Å²) >= 11 is 0. The molecule has 116 valence electrons. The number of ether oxygens (including phenoxy) is 2. The molecule has 1 aliphatic rings. The largest absolute Gasteiger partial charge is 0.490 e. The Labute approximate surface area is 125 Å². The molecule has 1 atom stereocenters. The molecule has 1 aromatic rings. The maximum atomic E-state index is 11.7. The molecule has 1 aliphatic heterocycles. The summed E-state index contributed by atoms with van der Waals surface area (Å²) in [7, 11) is 0. The first kappa shape index (κ1) is 15.6. The zero-order valence-corrected chi connectivity index (χ0v) is 12.3. The number of rotatable bonds is 7. The second-order valence-corrected chi connectivity index (χ2v) is 5.26. The topological polar surface area (TPSA) is 73.6 Å². The number of nitrogens with two attached hydrogens (primary N) is 1. The highest BCUT2D eigenvalue weighted by atomic mass is 16.5. The lowest BCUT2D eigenvalue weighted by molar-refractivity contribution is -0.122. The van der Waals surface area contributed by atoms with Crippen molar-refractivity contribution < 1.29 is 14.3 Å². The van der Waals surface area contributed by atoms with Crippen LogP contribution in [0.1, 0.15) is 32.1 Å². The average Bonchev–Trinajstić information content (AvgIpc) is 2.52. The Balaban J connectivity index is 1.56. The number of hydrogen-bond acceptors (Lipinski definition) is 4. The third kappa shape index (κ3) is 5.63. The van der Waals surface area contributed by atoms with Gasteiger partial charge in [0.2, 0.25) is 5.91 Å². The predicted molar refractivity (Wildman–Crippen MR) is 82.2 cm³/mol. The minimum absolute atomic E-state index is 0.0498. The number of carbonyl (C=O) groups is 1. The van der Waals surface area contributed by atoms with Gasteiger partial charge in [0.05, 0.1) is 18.3 Å². The molecule has 3 N–H and O–H groups in total. The van der Waals surface area contributed by atoms with Gasteiger partial charge in [0.15, 0.2) is 0 Å². The lowest BCUT2D eigenvalue weighted by atomic mass is 10.0. The van der Waals surface area contributed by atoms with Gasteiger partial charge in [0.1, 0.15) is 12.4 Å². The Kier molecular flexibility index (Phi) is 6.34. The molecule has 0 aromatic heterocycles. The number of nitrogens with one attached hydrogen (secondary N) is 1. The second kappa shape index (κ2) is 8.52. The normalized spacial score (nSPS) is 18.2. The summed E-state index contributed by atoms with van der Waals surface area (Å²) in [6.07, 6.45) is 4.99. The third-order valence-electron chi connectivity index (χ3n) is 3.57. The maximum absolute atomic E-state index is 11.7. The highest BCUT2D eigenvalue weighted by Crippen LogP contribution is 2.19. The number of para-hydroxylation sites is 2. The van der Waals surface area contributed by atoms with Gasteiger partial charge in [-0.1, -0.05) is 12.1 Å². The van der Waals surface area contributed by atoms with E-state index in [4.69, 9.17) is 15.2 Å². The van der Waals surface area contributed by atoms with Crippen LogP contribution in [-0.2, 0) is 9.53 Å². The van der Waals surface area contributed by atoms with Crippen molar-refractivity contribution >= 4 is 11.6 Å². The van der Waals surface area contributed by atoms with E-state index in [0.717, 1.165) is 25.9 Å². The van der Waals surface area contributed by atoms with E-state index in [1.54, 1.807) is 6.07 Å². The monoisotopic (exact) mass is 292 g/mol. The van der Waals surface area contributed by atoms with Gasteiger partial charge < -0.3 is 20.5 Å². The maximum Gasteiger partial charge on any atom is 0.220 e. The SMILES string of the molecule is Nc1ccccc1OCCNC(=O)CCC1CCCCO1. The van der Waals surface area contributed by atoms with Crippen molar-refractivity contribution in [1.29, 1.82) is 0 Å². The summed E-state index contributed by atoms with van der Waals surface area (Å²) in [6, 6.07) is 7.33. The molecular formula is C16H24N2O3. The third-order valence-corrected chi connectivity index (χ3v) is 3.57. The zero-order valence-electron chi connectivity index (χ0n) is 12.3. The summed E-state index contributed by atoms with van der Waals surface area (Å²) < 4.78 is 11.1. The highest BCUT2D eigenvalue weighted by molar-refractivity contribution is 5.75. The van der Waals surface area contributed by atoms with Crippen molar-refractivity contribution in [3.05, 3.63) is 24.3 Å². The molecule has 0 radical (unpaired) electrons. The van der Waals surface area contributed by atoms with Crippen LogP contribution in [0.2, 0.25) is 0 Å². The van der Waals surface area contributed by atoms with E-state index in [9.17, 15) is 4.79 Å². The van der Waals surface area contributed by atoms with E-state index in [-0.39, 0.29) is 12.0 Å². The fourth-order valence-electron chi connectivity index (χ4n) is 2.38. The molecule has 5 nitrogen and oxygen atoms in total. The van der Waals surface area contributed by atoms with Crippen LogP contribution >= 0.6 is 0 Å². The van der Waals surface area contributed by atoms with Crippen LogP contribution < -0.4 is 15.8 Å². The van der Waals surface area contributed by atoms with Crippen molar-refractivity contribution in [3.8, 4) is 5.75 Å². The van der Waals surface area contributed by atoms with E-state index in [2.05, 4.69) is 5.32 Å². The lowest BCUT2D eigenvalue weighted by Gasteiger charge is -2.22. The molecule has 1 saturated heterocycles. The van der Waals surface area contributed by atoms with Gasteiger partial charge in [-0.15, -0.1) is 0 Å². The van der Waals surface area contributed by atoms with Crippen LogP contribution in [0, 0.1) is 0 Å². The van der Waals surface area contributed by atoms with Crippen molar-refractivity contribution in [1.82, 2.24) is 5.32 Å². The Morgan fingerprint density at radius 1 is 1.38 bits per heavy atom.